The fraction of sp³-hybridized carbons (Fsp3) is 0.500. The van der Waals surface area contributed by atoms with Crippen molar-refractivity contribution in [1.29, 1.82) is 5.26 Å². The molecule has 1 saturated heterocycles. The van der Waals surface area contributed by atoms with Crippen LogP contribution in [0.2, 0.25) is 0 Å². The maximum absolute atomic E-state index is 12.2. The van der Waals surface area contributed by atoms with Crippen molar-refractivity contribution in [3.63, 3.8) is 0 Å². The van der Waals surface area contributed by atoms with Gasteiger partial charge in [0, 0.05) is 31.3 Å². The predicted octanol–water partition coefficient (Wildman–Crippen LogP) is 6.37. The molecule has 2 aromatic rings. The molecule has 0 spiro atoms. The van der Waals surface area contributed by atoms with Crippen LogP contribution in [0, 0.1) is 17.9 Å². The maximum Gasteiger partial charge on any atom is 0.407 e. The summed E-state index contributed by atoms with van der Waals surface area (Å²) in [5.74, 6) is 1.42. The van der Waals surface area contributed by atoms with Gasteiger partial charge >= 0.3 is 6.09 Å². The number of thioether (sulfide) groups is 1. The molecular formula is C30H37N5O3S. The predicted molar refractivity (Wildman–Crippen MR) is 154 cm³/mol. The van der Waals surface area contributed by atoms with Crippen molar-refractivity contribution >= 4 is 35.1 Å². The summed E-state index contributed by atoms with van der Waals surface area (Å²) in [6.45, 7) is 18.2. The minimum Gasteiger partial charge on any atom is -0.444 e. The zero-order valence-corrected chi connectivity index (χ0v) is 24.3. The Morgan fingerprint density at radius 2 is 1.87 bits per heavy atom. The van der Waals surface area contributed by atoms with Gasteiger partial charge in [0.05, 0.1) is 12.1 Å². The second-order valence-electron chi connectivity index (χ2n) is 10.7. The molecule has 8 nitrogen and oxygen atoms in total. The standard InChI is InChI=1S/C30H37N5O3S/c1-7-24-25(18-31)28(39-19-22-12-10-21(11-13-22)9-8-20(2)36)34-27(26(24)32-6)35-16-14-23(15-17-35)33-29(37)38-30(3,4)5/h10-13,23H,7-9,14-17,19H2,1-5H3,(H,33,37). The van der Waals surface area contributed by atoms with Crippen LogP contribution in [0.4, 0.5) is 16.3 Å². The van der Waals surface area contributed by atoms with Gasteiger partial charge in [-0.25, -0.2) is 14.6 Å². The molecule has 39 heavy (non-hydrogen) atoms. The summed E-state index contributed by atoms with van der Waals surface area (Å²) in [5, 5.41) is 13.6. The first kappa shape index (κ1) is 30.0. The number of aryl methyl sites for hydroxylation is 1. The Morgan fingerprint density at radius 1 is 1.23 bits per heavy atom. The molecule has 0 atom stereocenters. The molecule has 1 aromatic carbocycles. The summed E-state index contributed by atoms with van der Waals surface area (Å²) < 4.78 is 5.39. The number of piperidine rings is 1. The SMILES string of the molecule is [C-]#[N+]c1c(N2CCC(NC(=O)OC(C)(C)C)CC2)nc(SCc2ccc(CCC(C)=O)cc2)c(C#N)c1CC. The van der Waals surface area contributed by atoms with E-state index < -0.39 is 11.7 Å². The largest absolute Gasteiger partial charge is 0.444 e. The molecule has 2 heterocycles. The van der Waals surface area contributed by atoms with Gasteiger partial charge in [-0.3, -0.25) is 0 Å². The van der Waals surface area contributed by atoms with Gasteiger partial charge in [0.1, 0.15) is 28.3 Å². The third-order valence-corrected chi connectivity index (χ3v) is 7.52. The van der Waals surface area contributed by atoms with Crippen LogP contribution in [0.25, 0.3) is 4.85 Å². The molecule has 1 aliphatic rings. The zero-order valence-electron chi connectivity index (χ0n) is 23.5. The molecule has 1 aliphatic heterocycles. The third kappa shape index (κ3) is 8.46. The molecular weight excluding hydrogens is 510 g/mol. The first-order chi connectivity index (χ1) is 18.5. The van der Waals surface area contributed by atoms with Crippen LogP contribution in [0.5, 0.6) is 0 Å². The zero-order chi connectivity index (χ0) is 28.6. The second-order valence-corrected chi connectivity index (χ2v) is 11.7. The van der Waals surface area contributed by atoms with E-state index in [1.54, 1.807) is 6.92 Å². The van der Waals surface area contributed by atoms with Crippen LogP contribution >= 0.6 is 11.8 Å². The number of nitrogens with one attached hydrogen (secondary N) is 1. The van der Waals surface area contributed by atoms with Gasteiger partial charge in [-0.15, -0.1) is 11.8 Å². The van der Waals surface area contributed by atoms with Gasteiger partial charge in [0.15, 0.2) is 0 Å². The number of ether oxygens (including phenoxy) is 1. The number of carbonyl (C=O) groups is 2. The van der Waals surface area contributed by atoms with Gasteiger partial charge in [0.25, 0.3) is 0 Å². The van der Waals surface area contributed by atoms with Crippen LogP contribution < -0.4 is 10.2 Å². The van der Waals surface area contributed by atoms with E-state index >= 15 is 0 Å². The lowest BCUT2D eigenvalue weighted by Gasteiger charge is -2.34. The fourth-order valence-corrected chi connectivity index (χ4v) is 5.43. The molecule has 0 unspecified atom stereocenters. The second kappa shape index (κ2) is 13.5. The highest BCUT2D eigenvalue weighted by Crippen LogP contribution is 2.39. The summed E-state index contributed by atoms with van der Waals surface area (Å²) in [6, 6.07) is 10.5. The average molecular weight is 548 g/mol. The molecule has 1 N–H and O–H groups in total. The molecule has 0 bridgehead atoms. The smallest absolute Gasteiger partial charge is 0.407 e. The van der Waals surface area contributed by atoms with Gasteiger partial charge < -0.3 is 19.7 Å². The summed E-state index contributed by atoms with van der Waals surface area (Å²) in [4.78, 5) is 34.2. The van der Waals surface area contributed by atoms with Crippen molar-refractivity contribution in [3.05, 3.63) is 57.9 Å². The summed E-state index contributed by atoms with van der Waals surface area (Å²) in [6.07, 6.45) is 2.82. The molecule has 1 fully saturated rings. The number of anilines is 1. The van der Waals surface area contributed by atoms with Crippen molar-refractivity contribution in [1.82, 2.24) is 10.3 Å². The quantitative estimate of drug-likeness (QED) is 0.287. The third-order valence-electron chi connectivity index (χ3n) is 6.48. The van der Waals surface area contributed by atoms with Crippen LogP contribution in [0.3, 0.4) is 0 Å². The topological polar surface area (TPSA) is 99.7 Å². The van der Waals surface area contributed by atoms with E-state index in [1.165, 1.54) is 11.8 Å². The summed E-state index contributed by atoms with van der Waals surface area (Å²) in [7, 11) is 0. The van der Waals surface area contributed by atoms with E-state index in [2.05, 4.69) is 21.1 Å². The van der Waals surface area contributed by atoms with E-state index in [4.69, 9.17) is 16.3 Å². The lowest BCUT2D eigenvalue weighted by Crippen LogP contribution is -2.46. The number of alkyl carbamates (subject to hydrolysis) is 1. The van der Waals surface area contributed by atoms with Crippen LogP contribution in [-0.4, -0.2) is 41.6 Å². The molecule has 1 amide bonds. The first-order valence-electron chi connectivity index (χ1n) is 13.3. The molecule has 206 valence electrons. The fourth-order valence-electron chi connectivity index (χ4n) is 4.47. The van der Waals surface area contributed by atoms with Crippen LogP contribution in [0.15, 0.2) is 29.3 Å². The summed E-state index contributed by atoms with van der Waals surface area (Å²) in [5.41, 5.74) is 3.30. The highest BCUT2D eigenvalue weighted by molar-refractivity contribution is 7.98. The number of pyridine rings is 1. The number of rotatable bonds is 9. The van der Waals surface area contributed by atoms with E-state index in [0.717, 1.165) is 23.1 Å². The molecule has 0 aliphatic carbocycles. The Bertz CT molecular complexity index is 1260. The van der Waals surface area contributed by atoms with Gasteiger partial charge in [-0.1, -0.05) is 31.2 Å². The van der Waals surface area contributed by atoms with Crippen LogP contribution in [-0.2, 0) is 28.1 Å². The lowest BCUT2D eigenvalue weighted by atomic mass is 10.0. The number of nitrogens with zero attached hydrogens (tertiary/aromatic N) is 4. The van der Waals surface area contributed by atoms with Crippen molar-refractivity contribution in [2.45, 2.75) is 89.1 Å². The molecule has 3 rings (SSSR count). The van der Waals surface area contributed by atoms with E-state index in [1.807, 2.05) is 52.0 Å². The highest BCUT2D eigenvalue weighted by Gasteiger charge is 2.28. The number of hydrogen-bond acceptors (Lipinski definition) is 7. The van der Waals surface area contributed by atoms with Crippen LogP contribution in [0.1, 0.15) is 76.1 Å². The Hall–Kier alpha value is -3.56. The molecule has 9 heteroatoms. The van der Waals surface area contributed by atoms with Crippen molar-refractivity contribution in [2.75, 3.05) is 18.0 Å². The number of carbonyl (C=O) groups excluding carboxylic acids is 2. The molecule has 1 aromatic heterocycles. The first-order valence-corrected chi connectivity index (χ1v) is 14.3. The number of hydrogen-bond donors (Lipinski definition) is 1. The molecule has 0 radical (unpaired) electrons. The summed E-state index contributed by atoms with van der Waals surface area (Å²) >= 11 is 1.50. The van der Waals surface area contributed by atoms with Gasteiger partial charge in [-0.2, -0.15) is 5.26 Å². The number of amides is 1. The lowest BCUT2D eigenvalue weighted by molar-refractivity contribution is -0.116. The van der Waals surface area contributed by atoms with E-state index in [0.29, 0.717) is 66.6 Å². The minimum atomic E-state index is -0.552. The monoisotopic (exact) mass is 547 g/mol. The van der Waals surface area contributed by atoms with Gasteiger partial charge in [-0.05, 0) is 70.1 Å². The Balaban J connectivity index is 1.76. The Kier molecular flexibility index (Phi) is 10.4. The number of nitriles is 1. The van der Waals surface area contributed by atoms with Gasteiger partial charge in [0.2, 0.25) is 5.69 Å². The minimum absolute atomic E-state index is 0.0104. The van der Waals surface area contributed by atoms with Crippen molar-refractivity contribution in [3.8, 4) is 6.07 Å². The Morgan fingerprint density at radius 3 is 2.41 bits per heavy atom. The number of Topliss-reactive ketones (excluding diaryl/α,β-unsaturated/α-hetero) is 1. The normalized spacial score (nSPS) is 13.9. The number of aromatic nitrogens is 1. The maximum atomic E-state index is 12.2. The highest BCUT2D eigenvalue weighted by atomic mass is 32.2. The Labute approximate surface area is 236 Å². The van der Waals surface area contributed by atoms with Crippen molar-refractivity contribution in [2.24, 2.45) is 0 Å². The van der Waals surface area contributed by atoms with E-state index in [9.17, 15) is 14.9 Å². The average Bonchev–Trinajstić information content (AvgIpc) is 2.89. The van der Waals surface area contributed by atoms with Crippen molar-refractivity contribution < 1.29 is 14.3 Å². The van der Waals surface area contributed by atoms with E-state index in [-0.39, 0.29) is 11.8 Å². The molecule has 0 saturated carbocycles. The number of ketones is 1. The number of benzene rings is 1.